The minimum Gasteiger partial charge on any atom is -0.393 e. The van der Waals surface area contributed by atoms with Gasteiger partial charge in [0.1, 0.15) is 0 Å². The maximum Gasteiger partial charge on any atom is 0.333 e. The minimum absolute atomic E-state index is 0.0895. The Kier molecular flexibility index (Phi) is 6.48. The number of nitrogens with zero attached hydrogens (tertiary/aromatic N) is 4. The number of anilines is 1. The van der Waals surface area contributed by atoms with E-state index in [9.17, 15) is 9.90 Å². The summed E-state index contributed by atoms with van der Waals surface area (Å²) in [5.74, 6) is 0.530. The van der Waals surface area contributed by atoms with Gasteiger partial charge in [0.2, 0.25) is 5.95 Å². The van der Waals surface area contributed by atoms with Crippen molar-refractivity contribution in [2.75, 3.05) is 18.5 Å². The summed E-state index contributed by atoms with van der Waals surface area (Å²) < 4.78 is 8.99. The molecule has 3 heterocycles. The average Bonchev–Trinajstić information content (AvgIpc) is 3.19. The number of ether oxygens (including phenoxy) is 1. The predicted octanol–water partition coefficient (Wildman–Crippen LogP) is 3.82. The smallest absolute Gasteiger partial charge is 0.333 e. The van der Waals surface area contributed by atoms with Gasteiger partial charge in [0.25, 0.3) is 0 Å². The highest BCUT2D eigenvalue weighted by molar-refractivity contribution is 6.30. The molecule has 1 aromatic carbocycles. The van der Waals surface area contributed by atoms with Crippen molar-refractivity contribution in [3.8, 4) is 17.1 Å². The van der Waals surface area contributed by atoms with Crippen LogP contribution >= 0.6 is 11.6 Å². The summed E-state index contributed by atoms with van der Waals surface area (Å²) in [4.78, 5) is 22.7. The molecule has 0 radical (unpaired) electrons. The molecule has 9 heteroatoms. The second-order valence-electron chi connectivity index (χ2n) is 8.77. The van der Waals surface area contributed by atoms with Crippen LogP contribution in [0.1, 0.15) is 44.6 Å². The van der Waals surface area contributed by atoms with Crippen LogP contribution in [0.15, 0.2) is 47.5 Å². The lowest BCUT2D eigenvalue weighted by Crippen LogP contribution is -2.30. The molecular formula is C24H28ClN5O3. The van der Waals surface area contributed by atoms with Gasteiger partial charge in [0.05, 0.1) is 23.2 Å². The molecule has 0 unspecified atom stereocenters. The van der Waals surface area contributed by atoms with Crippen LogP contribution < -0.4 is 11.0 Å². The van der Waals surface area contributed by atoms with E-state index in [0.717, 1.165) is 44.2 Å². The Morgan fingerprint density at radius 1 is 1.03 bits per heavy atom. The van der Waals surface area contributed by atoms with E-state index in [-0.39, 0.29) is 23.9 Å². The molecule has 5 rings (SSSR count). The van der Waals surface area contributed by atoms with Crippen molar-refractivity contribution < 1.29 is 9.84 Å². The molecule has 0 atom stereocenters. The molecule has 2 N–H and O–H groups in total. The largest absolute Gasteiger partial charge is 0.393 e. The standard InChI is InChI=1S/C24H28ClN5O3/c25-16-1-5-19(6-2-16)30-22(15-29(24(30)32)18-10-13-33-14-11-18)21-9-12-26-23(28-21)27-17-3-7-20(31)8-4-17/h1-2,5-6,9,12,15,17-18,20,31H,3-4,7-8,10-11,13-14H2,(H,26,27,28). The quantitative estimate of drug-likeness (QED) is 0.590. The van der Waals surface area contributed by atoms with Crippen LogP contribution in [-0.2, 0) is 4.74 Å². The summed E-state index contributed by atoms with van der Waals surface area (Å²) in [6, 6.07) is 9.39. The Balaban J connectivity index is 1.52. The highest BCUT2D eigenvalue weighted by atomic mass is 35.5. The average molecular weight is 470 g/mol. The van der Waals surface area contributed by atoms with Gasteiger partial charge in [0, 0.05) is 42.7 Å². The zero-order valence-corrected chi connectivity index (χ0v) is 19.1. The first kappa shape index (κ1) is 22.1. The van der Waals surface area contributed by atoms with E-state index >= 15 is 0 Å². The Labute approximate surface area is 197 Å². The van der Waals surface area contributed by atoms with Crippen molar-refractivity contribution in [2.45, 2.75) is 56.7 Å². The number of nitrogens with one attached hydrogen (secondary N) is 1. The molecule has 2 aromatic heterocycles. The zero-order chi connectivity index (χ0) is 22.8. The lowest BCUT2D eigenvalue weighted by atomic mass is 9.93. The molecule has 33 heavy (non-hydrogen) atoms. The number of benzene rings is 1. The van der Waals surface area contributed by atoms with Crippen LogP contribution in [0.2, 0.25) is 5.02 Å². The van der Waals surface area contributed by atoms with Gasteiger partial charge in [-0.25, -0.2) is 14.8 Å². The van der Waals surface area contributed by atoms with Crippen LogP contribution in [0.5, 0.6) is 0 Å². The van der Waals surface area contributed by atoms with Gasteiger partial charge in [-0.3, -0.25) is 9.13 Å². The number of hydrogen-bond acceptors (Lipinski definition) is 6. The summed E-state index contributed by atoms with van der Waals surface area (Å²) in [6.07, 6.45) is 8.31. The SMILES string of the molecule is O=c1n(C2CCOCC2)cc(-c2ccnc(NC3CCC(O)CC3)n2)n1-c1ccc(Cl)cc1. The topological polar surface area (TPSA) is 94.2 Å². The van der Waals surface area contributed by atoms with Crippen molar-refractivity contribution >= 4 is 17.5 Å². The summed E-state index contributed by atoms with van der Waals surface area (Å²) in [7, 11) is 0. The Morgan fingerprint density at radius 3 is 2.48 bits per heavy atom. The summed E-state index contributed by atoms with van der Waals surface area (Å²) in [5.41, 5.74) is 2.01. The Morgan fingerprint density at radius 2 is 1.76 bits per heavy atom. The molecule has 0 bridgehead atoms. The van der Waals surface area contributed by atoms with E-state index in [2.05, 4.69) is 10.3 Å². The summed E-state index contributed by atoms with van der Waals surface area (Å²) in [6.45, 7) is 1.30. The van der Waals surface area contributed by atoms with Crippen LogP contribution in [0.25, 0.3) is 17.1 Å². The predicted molar refractivity (Wildman–Crippen MR) is 127 cm³/mol. The highest BCUT2D eigenvalue weighted by Crippen LogP contribution is 2.27. The first-order valence-corrected chi connectivity index (χ1v) is 11.9. The lowest BCUT2D eigenvalue weighted by Gasteiger charge is -2.26. The van der Waals surface area contributed by atoms with Gasteiger partial charge in [-0.15, -0.1) is 0 Å². The van der Waals surface area contributed by atoms with E-state index in [1.54, 1.807) is 22.9 Å². The molecule has 174 valence electrons. The number of halogens is 1. The van der Waals surface area contributed by atoms with E-state index in [1.165, 1.54) is 0 Å². The van der Waals surface area contributed by atoms with Gasteiger partial charge in [-0.05, 0) is 68.9 Å². The highest BCUT2D eigenvalue weighted by Gasteiger charge is 2.24. The molecule has 8 nitrogen and oxygen atoms in total. The second-order valence-corrected chi connectivity index (χ2v) is 9.21. The molecule has 1 aliphatic heterocycles. The van der Waals surface area contributed by atoms with Crippen LogP contribution in [0.3, 0.4) is 0 Å². The summed E-state index contributed by atoms with van der Waals surface area (Å²) in [5, 5.41) is 13.8. The second kappa shape index (κ2) is 9.67. The Hall–Kier alpha value is -2.68. The zero-order valence-electron chi connectivity index (χ0n) is 18.4. The van der Waals surface area contributed by atoms with Crippen LogP contribution in [0.4, 0.5) is 5.95 Å². The normalized spacial score (nSPS) is 21.8. The number of aliphatic hydroxyl groups is 1. The first-order valence-electron chi connectivity index (χ1n) is 11.5. The lowest BCUT2D eigenvalue weighted by molar-refractivity contribution is 0.0686. The molecule has 3 aromatic rings. The Bertz CT molecular complexity index is 1150. The van der Waals surface area contributed by atoms with E-state index < -0.39 is 0 Å². The molecule has 1 aliphatic carbocycles. The van der Waals surface area contributed by atoms with E-state index in [1.807, 2.05) is 29.0 Å². The van der Waals surface area contributed by atoms with E-state index in [4.69, 9.17) is 21.3 Å². The number of aliphatic hydroxyl groups excluding tert-OH is 1. The van der Waals surface area contributed by atoms with Crippen LogP contribution in [-0.4, -0.2) is 49.6 Å². The van der Waals surface area contributed by atoms with Crippen molar-refractivity contribution in [1.29, 1.82) is 0 Å². The minimum atomic E-state index is -0.214. The van der Waals surface area contributed by atoms with Gasteiger partial charge >= 0.3 is 5.69 Å². The van der Waals surface area contributed by atoms with Crippen LogP contribution in [0, 0.1) is 0 Å². The molecule has 2 fully saturated rings. The molecule has 0 spiro atoms. The van der Waals surface area contributed by atoms with Gasteiger partial charge in [-0.1, -0.05) is 11.6 Å². The molecule has 2 aliphatic rings. The van der Waals surface area contributed by atoms with Crippen molar-refractivity contribution in [3.05, 3.63) is 58.2 Å². The van der Waals surface area contributed by atoms with Gasteiger partial charge in [0.15, 0.2) is 0 Å². The maximum atomic E-state index is 13.5. The third-order valence-corrected chi connectivity index (χ3v) is 6.78. The third-order valence-electron chi connectivity index (χ3n) is 6.53. The number of hydrogen-bond donors (Lipinski definition) is 2. The molecule has 1 saturated heterocycles. The monoisotopic (exact) mass is 469 g/mol. The molecular weight excluding hydrogens is 442 g/mol. The van der Waals surface area contributed by atoms with Gasteiger partial charge in [-0.2, -0.15) is 0 Å². The first-order chi connectivity index (χ1) is 16.1. The van der Waals surface area contributed by atoms with Crippen molar-refractivity contribution in [1.82, 2.24) is 19.1 Å². The fourth-order valence-electron chi connectivity index (χ4n) is 4.68. The number of imidazole rings is 1. The number of aromatic nitrogens is 4. The van der Waals surface area contributed by atoms with Crippen molar-refractivity contribution in [2.24, 2.45) is 0 Å². The third kappa shape index (κ3) is 4.83. The fourth-order valence-corrected chi connectivity index (χ4v) is 4.81. The molecule has 0 amide bonds. The van der Waals surface area contributed by atoms with Gasteiger partial charge < -0.3 is 15.2 Å². The van der Waals surface area contributed by atoms with Crippen molar-refractivity contribution in [3.63, 3.8) is 0 Å². The fraction of sp³-hybridized carbons (Fsp3) is 0.458. The maximum absolute atomic E-state index is 13.5. The number of rotatable bonds is 5. The van der Waals surface area contributed by atoms with E-state index in [0.29, 0.717) is 35.6 Å². The summed E-state index contributed by atoms with van der Waals surface area (Å²) >= 11 is 6.09. The molecule has 1 saturated carbocycles.